The highest BCUT2D eigenvalue weighted by Gasteiger charge is 2.24. The summed E-state index contributed by atoms with van der Waals surface area (Å²) < 4.78 is 34.5. The maximum Gasteiger partial charge on any atom is 0.261 e. The molecule has 1 N–H and O–H groups in total. The Balaban J connectivity index is 0.00000370. The standard InChI is InChI=1S/C28H29ClN4O4S2.ClH/c1-19-3-9-24(10-4-19)39(35,36)31-23-7-5-21(6-8-23)27(34)33(12-11-32-13-15-37-16-14-32)28-30-26-20(2)17-22(29)18-25(26)38-28;/h3-10,17-18,31H,11-16H2,1-2H3;1H. The van der Waals surface area contributed by atoms with Crippen molar-refractivity contribution in [2.24, 2.45) is 0 Å². The fourth-order valence-electron chi connectivity index (χ4n) is 4.38. The summed E-state index contributed by atoms with van der Waals surface area (Å²) >= 11 is 7.70. The van der Waals surface area contributed by atoms with Gasteiger partial charge in [0, 0.05) is 42.5 Å². The number of halogens is 2. The minimum atomic E-state index is -3.75. The smallest absolute Gasteiger partial charge is 0.261 e. The highest BCUT2D eigenvalue weighted by molar-refractivity contribution is 7.92. The predicted octanol–water partition coefficient (Wildman–Crippen LogP) is 5.77. The van der Waals surface area contributed by atoms with Crippen molar-refractivity contribution < 1.29 is 17.9 Å². The van der Waals surface area contributed by atoms with E-state index in [-0.39, 0.29) is 23.2 Å². The van der Waals surface area contributed by atoms with Crippen molar-refractivity contribution in [1.29, 1.82) is 0 Å². The van der Waals surface area contributed by atoms with Gasteiger partial charge in [-0.15, -0.1) is 12.4 Å². The summed E-state index contributed by atoms with van der Waals surface area (Å²) in [6.07, 6.45) is 0. The van der Waals surface area contributed by atoms with Gasteiger partial charge >= 0.3 is 0 Å². The number of aryl methyl sites for hydroxylation is 2. The molecule has 1 aromatic heterocycles. The zero-order valence-corrected chi connectivity index (χ0v) is 25.3. The van der Waals surface area contributed by atoms with Gasteiger partial charge in [0.05, 0.1) is 28.3 Å². The van der Waals surface area contributed by atoms with Crippen molar-refractivity contribution in [1.82, 2.24) is 9.88 Å². The van der Waals surface area contributed by atoms with E-state index >= 15 is 0 Å². The van der Waals surface area contributed by atoms with Crippen LogP contribution in [0.25, 0.3) is 10.2 Å². The van der Waals surface area contributed by atoms with E-state index in [1.54, 1.807) is 53.4 Å². The Bertz CT molecular complexity index is 1590. The molecule has 0 spiro atoms. The number of anilines is 2. The van der Waals surface area contributed by atoms with Gasteiger partial charge < -0.3 is 4.74 Å². The summed E-state index contributed by atoms with van der Waals surface area (Å²) in [5.74, 6) is -0.209. The molecule has 40 heavy (non-hydrogen) atoms. The Labute approximate surface area is 249 Å². The van der Waals surface area contributed by atoms with E-state index in [0.717, 1.165) is 34.4 Å². The number of carbonyl (C=O) groups excluding carboxylic acids is 1. The number of benzene rings is 3. The molecule has 1 aliphatic heterocycles. The lowest BCUT2D eigenvalue weighted by Gasteiger charge is -2.29. The molecular weight excluding hydrogens is 591 g/mol. The number of carbonyl (C=O) groups is 1. The zero-order chi connectivity index (χ0) is 27.6. The van der Waals surface area contributed by atoms with E-state index in [2.05, 4.69) is 9.62 Å². The summed E-state index contributed by atoms with van der Waals surface area (Å²) in [5, 5.41) is 1.22. The molecule has 0 radical (unpaired) electrons. The SMILES string of the molecule is Cc1ccc(S(=O)(=O)Nc2ccc(C(=O)N(CCN3CCOCC3)c3nc4c(C)cc(Cl)cc4s3)cc2)cc1.Cl. The first-order valence-corrected chi connectivity index (χ1v) is 15.3. The van der Waals surface area contributed by atoms with E-state index in [1.807, 2.05) is 26.0 Å². The fraction of sp³-hybridized carbons (Fsp3) is 0.286. The molecule has 0 bridgehead atoms. The largest absolute Gasteiger partial charge is 0.379 e. The number of hydrogen-bond acceptors (Lipinski definition) is 7. The van der Waals surface area contributed by atoms with Crippen LogP contribution < -0.4 is 9.62 Å². The Kier molecular flexibility index (Phi) is 9.71. The third-order valence-electron chi connectivity index (χ3n) is 6.57. The summed E-state index contributed by atoms with van der Waals surface area (Å²) in [5.41, 5.74) is 3.55. The Morgan fingerprint density at radius 3 is 2.42 bits per heavy atom. The second-order valence-corrected chi connectivity index (χ2v) is 12.6. The van der Waals surface area contributed by atoms with E-state index in [4.69, 9.17) is 21.3 Å². The third kappa shape index (κ3) is 6.94. The molecule has 4 aromatic rings. The van der Waals surface area contributed by atoms with E-state index in [0.29, 0.717) is 47.7 Å². The van der Waals surface area contributed by atoms with Crippen molar-refractivity contribution in [2.75, 3.05) is 49.0 Å². The van der Waals surface area contributed by atoms with Gasteiger partial charge in [0.1, 0.15) is 0 Å². The summed E-state index contributed by atoms with van der Waals surface area (Å²) in [4.78, 5) is 22.7. The second-order valence-electron chi connectivity index (χ2n) is 9.47. The van der Waals surface area contributed by atoms with Gasteiger partial charge in [-0.3, -0.25) is 19.3 Å². The number of aromatic nitrogens is 1. The summed E-state index contributed by atoms with van der Waals surface area (Å²) in [6, 6.07) is 16.8. The summed E-state index contributed by atoms with van der Waals surface area (Å²) in [7, 11) is -3.75. The molecule has 0 unspecified atom stereocenters. The Hall–Kier alpha value is -2.73. The molecule has 0 atom stereocenters. The second kappa shape index (κ2) is 12.8. The quantitative estimate of drug-likeness (QED) is 0.269. The Morgan fingerprint density at radius 2 is 1.75 bits per heavy atom. The first-order chi connectivity index (χ1) is 18.7. The lowest BCUT2D eigenvalue weighted by molar-refractivity contribution is 0.0391. The number of nitrogens with zero attached hydrogens (tertiary/aromatic N) is 3. The van der Waals surface area contributed by atoms with Crippen LogP contribution in [0, 0.1) is 13.8 Å². The maximum atomic E-state index is 13.8. The molecule has 1 amide bonds. The molecule has 0 saturated carbocycles. The molecule has 1 saturated heterocycles. The molecule has 3 aromatic carbocycles. The van der Waals surface area contributed by atoms with E-state index in [9.17, 15) is 13.2 Å². The van der Waals surface area contributed by atoms with Crippen LogP contribution in [0.1, 0.15) is 21.5 Å². The fourth-order valence-corrected chi connectivity index (χ4v) is 6.88. The molecule has 5 rings (SSSR count). The minimum absolute atomic E-state index is 0. The normalized spacial score (nSPS) is 14.1. The van der Waals surface area contributed by atoms with Crippen LogP contribution >= 0.6 is 35.3 Å². The van der Waals surface area contributed by atoms with Crippen LogP contribution in [0.3, 0.4) is 0 Å². The number of thiazole rings is 1. The monoisotopic (exact) mass is 620 g/mol. The van der Waals surface area contributed by atoms with Gasteiger partial charge in [-0.2, -0.15) is 0 Å². The molecule has 1 fully saturated rings. The van der Waals surface area contributed by atoms with Crippen LogP contribution in [0.2, 0.25) is 5.02 Å². The van der Waals surface area contributed by atoms with Crippen molar-refractivity contribution >= 4 is 72.3 Å². The Morgan fingerprint density at radius 1 is 1.07 bits per heavy atom. The topological polar surface area (TPSA) is 91.8 Å². The minimum Gasteiger partial charge on any atom is -0.379 e. The number of rotatable bonds is 8. The van der Waals surface area contributed by atoms with Gasteiger partial charge in [-0.25, -0.2) is 13.4 Å². The molecule has 8 nitrogen and oxygen atoms in total. The number of morpholine rings is 1. The lowest BCUT2D eigenvalue weighted by atomic mass is 10.2. The molecule has 12 heteroatoms. The summed E-state index contributed by atoms with van der Waals surface area (Å²) in [6.45, 7) is 7.95. The van der Waals surface area contributed by atoms with Gasteiger partial charge in [-0.1, -0.05) is 40.6 Å². The highest BCUT2D eigenvalue weighted by atomic mass is 35.5. The first kappa shape index (κ1) is 30.2. The van der Waals surface area contributed by atoms with Crippen molar-refractivity contribution in [3.8, 4) is 0 Å². The van der Waals surface area contributed by atoms with Crippen LogP contribution in [-0.2, 0) is 14.8 Å². The molecule has 212 valence electrons. The molecule has 1 aliphatic rings. The zero-order valence-electron chi connectivity index (χ0n) is 22.1. The van der Waals surface area contributed by atoms with Crippen LogP contribution in [0.5, 0.6) is 0 Å². The number of fused-ring (bicyclic) bond motifs is 1. The maximum absolute atomic E-state index is 13.8. The van der Waals surface area contributed by atoms with E-state index in [1.165, 1.54) is 11.3 Å². The third-order valence-corrected chi connectivity index (χ3v) is 9.21. The van der Waals surface area contributed by atoms with Gasteiger partial charge in [0.15, 0.2) is 5.13 Å². The molecular formula is C28H30Cl2N4O4S2. The average Bonchev–Trinajstić information content (AvgIpc) is 3.34. The van der Waals surface area contributed by atoms with Crippen LogP contribution in [0.4, 0.5) is 10.8 Å². The number of amides is 1. The molecule has 0 aliphatic carbocycles. The average molecular weight is 622 g/mol. The van der Waals surface area contributed by atoms with Crippen LogP contribution in [-0.4, -0.2) is 63.6 Å². The van der Waals surface area contributed by atoms with Crippen LogP contribution in [0.15, 0.2) is 65.6 Å². The van der Waals surface area contributed by atoms with Crippen molar-refractivity contribution in [2.45, 2.75) is 18.7 Å². The van der Waals surface area contributed by atoms with E-state index < -0.39 is 10.0 Å². The van der Waals surface area contributed by atoms with Gasteiger partial charge in [-0.05, 0) is 67.9 Å². The number of ether oxygens (including phenoxy) is 1. The highest BCUT2D eigenvalue weighted by Crippen LogP contribution is 2.34. The predicted molar refractivity (Wildman–Crippen MR) is 164 cm³/mol. The number of hydrogen-bond donors (Lipinski definition) is 1. The van der Waals surface area contributed by atoms with Gasteiger partial charge in [0.25, 0.3) is 15.9 Å². The number of nitrogens with one attached hydrogen (secondary N) is 1. The lowest BCUT2D eigenvalue weighted by Crippen LogP contribution is -2.43. The van der Waals surface area contributed by atoms with Gasteiger partial charge in [0.2, 0.25) is 0 Å². The number of sulfonamides is 1. The molecule has 2 heterocycles. The van der Waals surface area contributed by atoms with Crippen molar-refractivity contribution in [3.63, 3.8) is 0 Å². The van der Waals surface area contributed by atoms with Crippen molar-refractivity contribution in [3.05, 3.63) is 82.4 Å². The first-order valence-electron chi connectivity index (χ1n) is 12.6.